The van der Waals surface area contributed by atoms with E-state index in [1.807, 2.05) is 20.8 Å². The third-order valence-corrected chi connectivity index (χ3v) is 2.35. The van der Waals surface area contributed by atoms with E-state index in [-0.39, 0.29) is 24.0 Å². The van der Waals surface area contributed by atoms with Gasteiger partial charge >= 0.3 is 0 Å². The van der Waals surface area contributed by atoms with Gasteiger partial charge < -0.3 is 22.1 Å². The monoisotopic (exact) mass is 257 g/mol. The Bertz CT molecular complexity index is 261. The van der Waals surface area contributed by atoms with Crippen LogP contribution < -0.4 is 22.1 Å². The van der Waals surface area contributed by atoms with Gasteiger partial charge in [-0.2, -0.15) is 0 Å². The topological polar surface area (TPSA) is 106 Å². The Morgan fingerprint density at radius 3 is 2.50 bits per heavy atom. The number of rotatable bonds is 9. The van der Waals surface area contributed by atoms with E-state index in [1.54, 1.807) is 0 Å². The van der Waals surface area contributed by atoms with Crippen molar-refractivity contribution in [3.63, 3.8) is 0 Å². The molecule has 6 N–H and O–H groups in total. The summed E-state index contributed by atoms with van der Waals surface area (Å²) < 4.78 is 0. The molecule has 1 amide bonds. The fourth-order valence-corrected chi connectivity index (χ4v) is 1.57. The van der Waals surface area contributed by atoms with Gasteiger partial charge in [-0.15, -0.1) is 0 Å². The van der Waals surface area contributed by atoms with Crippen molar-refractivity contribution < 1.29 is 4.79 Å². The van der Waals surface area contributed by atoms with Gasteiger partial charge in [-0.25, -0.2) is 0 Å². The third kappa shape index (κ3) is 8.81. The summed E-state index contributed by atoms with van der Waals surface area (Å²) in [5, 5.41) is 6.15. The number of hydrogen-bond acceptors (Lipinski definition) is 3. The fourth-order valence-electron chi connectivity index (χ4n) is 1.57. The van der Waals surface area contributed by atoms with Gasteiger partial charge in [-0.05, 0) is 19.3 Å². The van der Waals surface area contributed by atoms with Gasteiger partial charge in [0.05, 0.1) is 6.04 Å². The van der Waals surface area contributed by atoms with Crippen LogP contribution in [0.4, 0.5) is 0 Å². The highest BCUT2D eigenvalue weighted by Gasteiger charge is 2.17. The lowest BCUT2D eigenvalue weighted by Crippen LogP contribution is -2.47. The number of nitrogens with one attached hydrogen (secondary N) is 2. The zero-order valence-electron chi connectivity index (χ0n) is 11.7. The molecule has 1 unspecified atom stereocenters. The van der Waals surface area contributed by atoms with Crippen LogP contribution in [0.5, 0.6) is 0 Å². The maximum Gasteiger partial charge on any atom is 0.237 e. The second-order valence-electron chi connectivity index (χ2n) is 4.61. The largest absolute Gasteiger partial charge is 0.370 e. The molecule has 0 rings (SSSR count). The standard InChI is InChI=1S/C12H27N5O/c1-4-7-15-11(18)10(17-9(2)3)6-5-8-16-12(13)14/h9-10,17H,4-8H2,1-3H3,(H,15,18)(H4,13,14,16). The van der Waals surface area contributed by atoms with Crippen LogP contribution >= 0.6 is 0 Å². The van der Waals surface area contributed by atoms with Crippen LogP contribution in [0.1, 0.15) is 40.0 Å². The van der Waals surface area contributed by atoms with Crippen molar-refractivity contribution in [2.75, 3.05) is 13.1 Å². The Labute approximate surface area is 110 Å². The smallest absolute Gasteiger partial charge is 0.237 e. The van der Waals surface area contributed by atoms with Gasteiger partial charge in [0.2, 0.25) is 5.91 Å². The van der Waals surface area contributed by atoms with Crippen LogP contribution in [-0.2, 0) is 4.79 Å². The average molecular weight is 257 g/mol. The molecule has 1 atom stereocenters. The van der Waals surface area contributed by atoms with Gasteiger partial charge in [0.15, 0.2) is 5.96 Å². The highest BCUT2D eigenvalue weighted by molar-refractivity contribution is 5.81. The molecule has 0 fully saturated rings. The van der Waals surface area contributed by atoms with Crippen molar-refractivity contribution in [1.29, 1.82) is 0 Å². The number of hydrogen-bond donors (Lipinski definition) is 4. The molecular weight excluding hydrogens is 230 g/mol. The van der Waals surface area contributed by atoms with Crippen molar-refractivity contribution in [2.45, 2.75) is 52.1 Å². The average Bonchev–Trinajstić information content (AvgIpc) is 2.29. The normalized spacial score (nSPS) is 12.2. The SMILES string of the molecule is CCCNC(=O)C(CCCN=C(N)N)NC(C)C. The van der Waals surface area contributed by atoms with E-state index in [0.29, 0.717) is 13.1 Å². The maximum atomic E-state index is 11.9. The molecule has 0 spiro atoms. The Hall–Kier alpha value is -1.30. The fraction of sp³-hybridized carbons (Fsp3) is 0.833. The second-order valence-corrected chi connectivity index (χ2v) is 4.61. The number of carbonyl (C=O) groups excluding carboxylic acids is 1. The van der Waals surface area contributed by atoms with Gasteiger partial charge in [-0.3, -0.25) is 9.79 Å². The molecule has 0 aliphatic carbocycles. The highest BCUT2D eigenvalue weighted by Crippen LogP contribution is 2.00. The van der Waals surface area contributed by atoms with Crippen LogP contribution in [-0.4, -0.2) is 37.0 Å². The zero-order valence-corrected chi connectivity index (χ0v) is 11.7. The van der Waals surface area contributed by atoms with E-state index in [4.69, 9.17) is 11.5 Å². The van der Waals surface area contributed by atoms with Crippen molar-refractivity contribution >= 4 is 11.9 Å². The molecular formula is C12H27N5O. The number of nitrogens with two attached hydrogens (primary N) is 2. The summed E-state index contributed by atoms with van der Waals surface area (Å²) in [7, 11) is 0. The molecule has 0 saturated heterocycles. The van der Waals surface area contributed by atoms with Crippen LogP contribution in [0, 0.1) is 0 Å². The summed E-state index contributed by atoms with van der Waals surface area (Å²) in [6, 6.07) is 0.0937. The lowest BCUT2D eigenvalue weighted by molar-refractivity contribution is -0.123. The molecule has 0 aliphatic heterocycles. The number of amides is 1. The first-order valence-electron chi connectivity index (χ1n) is 6.56. The molecule has 0 radical (unpaired) electrons. The van der Waals surface area contributed by atoms with E-state index in [2.05, 4.69) is 15.6 Å². The van der Waals surface area contributed by atoms with Crippen LogP contribution in [0.25, 0.3) is 0 Å². The summed E-state index contributed by atoms with van der Waals surface area (Å²) in [6.07, 6.45) is 2.44. The van der Waals surface area contributed by atoms with Crippen LogP contribution in [0.15, 0.2) is 4.99 Å². The summed E-state index contributed by atoms with van der Waals surface area (Å²) in [4.78, 5) is 15.8. The predicted octanol–water partition coefficient (Wildman–Crippen LogP) is -0.0672. The number of aliphatic imine (C=N–C) groups is 1. The molecule has 106 valence electrons. The predicted molar refractivity (Wildman–Crippen MR) is 75.3 cm³/mol. The minimum absolute atomic E-state index is 0.0512. The van der Waals surface area contributed by atoms with E-state index in [9.17, 15) is 4.79 Å². The minimum atomic E-state index is -0.175. The van der Waals surface area contributed by atoms with E-state index in [0.717, 1.165) is 19.3 Å². The van der Waals surface area contributed by atoms with E-state index >= 15 is 0 Å². The number of guanidine groups is 1. The zero-order chi connectivity index (χ0) is 14.0. The van der Waals surface area contributed by atoms with Crippen LogP contribution in [0.2, 0.25) is 0 Å². The van der Waals surface area contributed by atoms with Gasteiger partial charge in [0, 0.05) is 19.1 Å². The molecule has 0 bridgehead atoms. The number of nitrogens with zero attached hydrogens (tertiary/aromatic N) is 1. The Morgan fingerprint density at radius 2 is 2.00 bits per heavy atom. The van der Waals surface area contributed by atoms with Crippen molar-refractivity contribution in [3.8, 4) is 0 Å². The van der Waals surface area contributed by atoms with Crippen molar-refractivity contribution in [2.24, 2.45) is 16.5 Å². The van der Waals surface area contributed by atoms with Gasteiger partial charge in [-0.1, -0.05) is 20.8 Å². The van der Waals surface area contributed by atoms with Gasteiger partial charge in [0.1, 0.15) is 0 Å². The molecule has 6 nitrogen and oxygen atoms in total. The lowest BCUT2D eigenvalue weighted by Gasteiger charge is -2.20. The van der Waals surface area contributed by atoms with Gasteiger partial charge in [0.25, 0.3) is 0 Å². The first kappa shape index (κ1) is 16.7. The molecule has 0 aromatic rings. The minimum Gasteiger partial charge on any atom is -0.370 e. The molecule has 18 heavy (non-hydrogen) atoms. The van der Waals surface area contributed by atoms with Crippen molar-refractivity contribution in [3.05, 3.63) is 0 Å². The van der Waals surface area contributed by atoms with Crippen LogP contribution in [0.3, 0.4) is 0 Å². The second kappa shape index (κ2) is 9.70. The van der Waals surface area contributed by atoms with E-state index in [1.165, 1.54) is 0 Å². The maximum absolute atomic E-state index is 11.9. The third-order valence-electron chi connectivity index (χ3n) is 2.35. The Balaban J connectivity index is 4.13. The highest BCUT2D eigenvalue weighted by atomic mass is 16.2. The summed E-state index contributed by atoms with van der Waals surface area (Å²) >= 11 is 0. The quantitative estimate of drug-likeness (QED) is 0.264. The molecule has 6 heteroatoms. The summed E-state index contributed by atoms with van der Waals surface area (Å²) in [5.41, 5.74) is 10.5. The Morgan fingerprint density at radius 1 is 1.33 bits per heavy atom. The first-order chi connectivity index (χ1) is 8.47. The molecule has 0 aliphatic rings. The first-order valence-corrected chi connectivity index (χ1v) is 6.56. The van der Waals surface area contributed by atoms with E-state index < -0.39 is 0 Å². The molecule has 0 heterocycles. The molecule has 0 aromatic carbocycles. The number of carbonyl (C=O) groups is 1. The lowest BCUT2D eigenvalue weighted by atomic mass is 10.1. The Kier molecular flexibility index (Phi) is 9.00. The molecule has 0 saturated carbocycles. The molecule has 0 aromatic heterocycles. The summed E-state index contributed by atoms with van der Waals surface area (Å²) in [5.74, 6) is 0.147. The van der Waals surface area contributed by atoms with Crippen molar-refractivity contribution in [1.82, 2.24) is 10.6 Å². The summed E-state index contributed by atoms with van der Waals surface area (Å²) in [6.45, 7) is 7.35.